The number of hydrogen-bond donors (Lipinski definition) is 0. The van der Waals surface area contributed by atoms with Gasteiger partial charge in [0.15, 0.2) is 0 Å². The zero-order chi connectivity index (χ0) is 12.5. The number of hydrogen-bond acceptors (Lipinski definition) is 2. The molecule has 1 aliphatic rings. The first-order chi connectivity index (χ1) is 8.70. The van der Waals surface area contributed by atoms with E-state index in [4.69, 9.17) is 23.2 Å². The van der Waals surface area contributed by atoms with Crippen LogP contribution in [0.4, 0.5) is 0 Å². The first kappa shape index (κ1) is 11.9. The smallest absolute Gasteiger partial charge is 0.134 e. The third-order valence-electron chi connectivity index (χ3n) is 3.01. The van der Waals surface area contributed by atoms with Crippen LogP contribution in [0.5, 0.6) is 0 Å². The van der Waals surface area contributed by atoms with Gasteiger partial charge in [0, 0.05) is 23.1 Å². The van der Waals surface area contributed by atoms with E-state index in [9.17, 15) is 0 Å². The Balaban J connectivity index is 1.87. The summed E-state index contributed by atoms with van der Waals surface area (Å²) < 4.78 is 0. The van der Waals surface area contributed by atoms with Crippen molar-refractivity contribution in [1.82, 2.24) is 9.97 Å². The summed E-state index contributed by atoms with van der Waals surface area (Å²) in [5, 5.41) is 1.26. The minimum atomic E-state index is 0.531. The molecule has 0 amide bonds. The molecule has 2 aromatic rings. The summed E-state index contributed by atoms with van der Waals surface area (Å²) in [6.07, 6.45) is 3.09. The van der Waals surface area contributed by atoms with Gasteiger partial charge < -0.3 is 0 Å². The Morgan fingerprint density at radius 1 is 1.11 bits per heavy atom. The molecular formula is C14H12Cl2N2. The zero-order valence-corrected chi connectivity index (χ0v) is 11.2. The molecule has 0 bridgehead atoms. The minimum absolute atomic E-state index is 0.531. The van der Waals surface area contributed by atoms with Crippen LogP contribution in [-0.2, 0) is 6.42 Å². The van der Waals surface area contributed by atoms with Crippen molar-refractivity contribution in [3.05, 3.63) is 57.6 Å². The van der Waals surface area contributed by atoms with Crippen molar-refractivity contribution in [3.8, 4) is 0 Å². The summed E-state index contributed by atoms with van der Waals surface area (Å²) in [6.45, 7) is 0. The van der Waals surface area contributed by atoms with Gasteiger partial charge in [-0.2, -0.15) is 0 Å². The molecule has 1 fully saturated rings. The Morgan fingerprint density at radius 2 is 1.94 bits per heavy atom. The second-order valence-corrected chi connectivity index (χ2v) is 5.44. The summed E-state index contributed by atoms with van der Waals surface area (Å²) >= 11 is 12.0. The summed E-state index contributed by atoms with van der Waals surface area (Å²) in [6, 6.07) is 9.62. The van der Waals surface area contributed by atoms with Crippen LogP contribution >= 0.6 is 23.2 Å². The largest absolute Gasteiger partial charge is 0.237 e. The number of halogens is 2. The monoisotopic (exact) mass is 278 g/mol. The Hall–Kier alpha value is -1.12. The Kier molecular flexibility index (Phi) is 3.23. The molecule has 0 radical (unpaired) electrons. The fourth-order valence-corrected chi connectivity index (χ4v) is 2.40. The molecule has 0 aliphatic heterocycles. The van der Waals surface area contributed by atoms with Gasteiger partial charge in [0.05, 0.1) is 0 Å². The molecule has 0 atom stereocenters. The van der Waals surface area contributed by atoms with Crippen LogP contribution in [0.15, 0.2) is 30.3 Å². The van der Waals surface area contributed by atoms with Crippen LogP contribution in [-0.4, -0.2) is 9.97 Å². The maximum atomic E-state index is 6.04. The van der Waals surface area contributed by atoms with Crippen molar-refractivity contribution >= 4 is 23.2 Å². The molecule has 0 N–H and O–H groups in total. The summed E-state index contributed by atoms with van der Waals surface area (Å²) in [5.41, 5.74) is 2.18. The molecular weight excluding hydrogens is 267 g/mol. The first-order valence-electron chi connectivity index (χ1n) is 5.98. The van der Waals surface area contributed by atoms with Crippen LogP contribution < -0.4 is 0 Å². The van der Waals surface area contributed by atoms with Gasteiger partial charge in [-0.25, -0.2) is 9.97 Å². The molecule has 1 aliphatic carbocycles. The van der Waals surface area contributed by atoms with E-state index in [1.807, 2.05) is 30.3 Å². The van der Waals surface area contributed by atoms with E-state index < -0.39 is 0 Å². The topological polar surface area (TPSA) is 25.8 Å². The van der Waals surface area contributed by atoms with Gasteiger partial charge in [0.25, 0.3) is 0 Å². The van der Waals surface area contributed by atoms with Crippen molar-refractivity contribution in [3.63, 3.8) is 0 Å². The molecule has 4 heteroatoms. The molecule has 1 heterocycles. The normalized spacial score (nSPS) is 14.8. The highest BCUT2D eigenvalue weighted by Crippen LogP contribution is 2.39. The van der Waals surface area contributed by atoms with Crippen molar-refractivity contribution in [2.45, 2.75) is 25.2 Å². The van der Waals surface area contributed by atoms with E-state index in [0.29, 0.717) is 17.5 Å². The van der Waals surface area contributed by atoms with Gasteiger partial charge in [-0.05, 0) is 36.6 Å². The Labute approximate surface area is 116 Å². The third-order valence-corrected chi connectivity index (χ3v) is 3.44. The molecule has 18 heavy (non-hydrogen) atoms. The molecule has 3 rings (SSSR count). The van der Waals surface area contributed by atoms with Gasteiger partial charge in [-0.3, -0.25) is 0 Å². The van der Waals surface area contributed by atoms with Crippen LogP contribution in [0.1, 0.15) is 35.8 Å². The summed E-state index contributed by atoms with van der Waals surface area (Å²) in [5.74, 6) is 1.36. The molecule has 0 unspecified atom stereocenters. The lowest BCUT2D eigenvalue weighted by molar-refractivity contribution is 0.900. The van der Waals surface area contributed by atoms with Gasteiger partial charge in [-0.15, -0.1) is 0 Å². The van der Waals surface area contributed by atoms with Crippen LogP contribution in [0.2, 0.25) is 10.2 Å². The number of benzene rings is 1. The SMILES string of the molecule is Clc1cccc(Cc2nc(Cl)cc(C3CC3)n2)c1. The van der Waals surface area contributed by atoms with Gasteiger partial charge in [0.2, 0.25) is 0 Å². The van der Waals surface area contributed by atoms with E-state index in [2.05, 4.69) is 9.97 Å². The molecule has 0 spiro atoms. The van der Waals surface area contributed by atoms with Crippen molar-refractivity contribution in [1.29, 1.82) is 0 Å². The minimum Gasteiger partial charge on any atom is -0.237 e. The standard InChI is InChI=1S/C14H12Cl2N2/c15-11-3-1-2-9(6-11)7-14-17-12(10-4-5-10)8-13(16)18-14/h1-3,6,8,10H,4-5,7H2. The van der Waals surface area contributed by atoms with Crippen molar-refractivity contribution in [2.75, 3.05) is 0 Å². The van der Waals surface area contributed by atoms with Crippen molar-refractivity contribution in [2.24, 2.45) is 0 Å². The highest BCUT2D eigenvalue weighted by Gasteiger charge is 2.25. The Morgan fingerprint density at radius 3 is 2.67 bits per heavy atom. The second kappa shape index (κ2) is 4.87. The zero-order valence-electron chi connectivity index (χ0n) is 9.74. The van der Waals surface area contributed by atoms with E-state index in [1.54, 1.807) is 0 Å². The van der Waals surface area contributed by atoms with E-state index >= 15 is 0 Å². The average Bonchev–Trinajstić information content (AvgIpc) is 3.11. The molecule has 92 valence electrons. The summed E-state index contributed by atoms with van der Waals surface area (Å²) in [4.78, 5) is 8.86. The average molecular weight is 279 g/mol. The number of aromatic nitrogens is 2. The van der Waals surface area contributed by atoms with Crippen LogP contribution in [0.25, 0.3) is 0 Å². The fourth-order valence-electron chi connectivity index (χ4n) is 1.98. The predicted molar refractivity (Wildman–Crippen MR) is 73.3 cm³/mol. The fraction of sp³-hybridized carbons (Fsp3) is 0.286. The van der Waals surface area contributed by atoms with Gasteiger partial charge in [0.1, 0.15) is 11.0 Å². The highest BCUT2D eigenvalue weighted by molar-refractivity contribution is 6.30. The van der Waals surface area contributed by atoms with Gasteiger partial charge in [-0.1, -0.05) is 35.3 Å². The molecule has 1 aromatic carbocycles. The lowest BCUT2D eigenvalue weighted by Gasteiger charge is -2.05. The van der Waals surface area contributed by atoms with E-state index in [0.717, 1.165) is 22.1 Å². The Bertz CT molecular complexity index is 580. The van der Waals surface area contributed by atoms with Crippen LogP contribution in [0.3, 0.4) is 0 Å². The quantitative estimate of drug-likeness (QED) is 0.785. The number of rotatable bonds is 3. The molecule has 2 nitrogen and oxygen atoms in total. The summed E-state index contributed by atoms with van der Waals surface area (Å²) in [7, 11) is 0. The maximum Gasteiger partial charge on any atom is 0.134 e. The number of nitrogens with zero attached hydrogens (tertiary/aromatic N) is 2. The van der Waals surface area contributed by atoms with Crippen LogP contribution in [0, 0.1) is 0 Å². The lowest BCUT2D eigenvalue weighted by Crippen LogP contribution is -2.00. The first-order valence-corrected chi connectivity index (χ1v) is 6.74. The van der Waals surface area contributed by atoms with Gasteiger partial charge >= 0.3 is 0 Å². The van der Waals surface area contributed by atoms with E-state index in [1.165, 1.54) is 12.8 Å². The highest BCUT2D eigenvalue weighted by atomic mass is 35.5. The predicted octanol–water partition coefficient (Wildman–Crippen LogP) is 4.25. The second-order valence-electron chi connectivity index (χ2n) is 4.61. The van der Waals surface area contributed by atoms with E-state index in [-0.39, 0.29) is 0 Å². The van der Waals surface area contributed by atoms with Crippen molar-refractivity contribution < 1.29 is 0 Å². The molecule has 1 aromatic heterocycles. The lowest BCUT2D eigenvalue weighted by atomic mass is 10.1. The maximum absolute atomic E-state index is 6.04. The third kappa shape index (κ3) is 2.82. The molecule has 1 saturated carbocycles. The molecule has 0 saturated heterocycles.